The first-order valence-corrected chi connectivity index (χ1v) is 11.0. The van der Waals surface area contributed by atoms with Crippen molar-refractivity contribution in [2.24, 2.45) is 0 Å². The molecule has 164 valence electrons. The maximum absolute atomic E-state index is 13.0. The topological polar surface area (TPSA) is 93.3 Å². The van der Waals surface area contributed by atoms with E-state index in [1.165, 1.54) is 0 Å². The van der Waals surface area contributed by atoms with E-state index < -0.39 is 0 Å². The van der Waals surface area contributed by atoms with Crippen LogP contribution in [-0.2, 0) is 6.54 Å². The van der Waals surface area contributed by atoms with Gasteiger partial charge < -0.3 is 19.2 Å². The molecule has 1 unspecified atom stereocenters. The number of nitrogens with one attached hydrogen (secondary N) is 1. The molecular weight excluding hydrogens is 406 g/mol. The predicted molar refractivity (Wildman–Crippen MR) is 123 cm³/mol. The number of pyridine rings is 2. The normalized spacial score (nSPS) is 16.2. The van der Waals surface area contributed by atoms with Crippen LogP contribution in [0.2, 0.25) is 0 Å². The van der Waals surface area contributed by atoms with Gasteiger partial charge in [-0.05, 0) is 51.0 Å². The van der Waals surface area contributed by atoms with Crippen LogP contribution in [0.4, 0.5) is 6.01 Å². The molecule has 32 heavy (non-hydrogen) atoms. The number of benzene rings is 1. The molecule has 8 heteroatoms. The second-order valence-corrected chi connectivity index (χ2v) is 8.15. The summed E-state index contributed by atoms with van der Waals surface area (Å²) in [6.45, 7) is 5.69. The number of aryl methyl sites for hydroxylation is 2. The molecule has 5 rings (SSSR count). The van der Waals surface area contributed by atoms with Crippen molar-refractivity contribution in [2.45, 2.75) is 39.3 Å². The highest BCUT2D eigenvalue weighted by Crippen LogP contribution is 2.28. The minimum Gasteiger partial charge on any atom is -0.423 e. The van der Waals surface area contributed by atoms with Crippen LogP contribution in [0, 0.1) is 6.92 Å². The highest BCUT2D eigenvalue weighted by molar-refractivity contribution is 5.96. The molecule has 1 N–H and O–H groups in total. The van der Waals surface area contributed by atoms with E-state index in [4.69, 9.17) is 4.42 Å². The minimum atomic E-state index is -0.371. The zero-order valence-corrected chi connectivity index (χ0v) is 18.2. The van der Waals surface area contributed by atoms with Crippen molar-refractivity contribution in [1.82, 2.24) is 19.9 Å². The van der Waals surface area contributed by atoms with E-state index in [0.717, 1.165) is 36.2 Å². The Hall–Kier alpha value is -3.68. The number of hydrogen-bond acceptors (Lipinski definition) is 6. The van der Waals surface area contributed by atoms with Crippen molar-refractivity contribution in [3.63, 3.8) is 0 Å². The summed E-state index contributed by atoms with van der Waals surface area (Å²) < 4.78 is 7.77. The molecule has 8 nitrogen and oxygen atoms in total. The number of carbonyl (C=O) groups is 1. The number of oxazole rings is 1. The molecule has 4 aromatic rings. The number of rotatable bonds is 5. The molecule has 1 saturated heterocycles. The fourth-order valence-electron chi connectivity index (χ4n) is 4.35. The fourth-order valence-corrected chi connectivity index (χ4v) is 4.35. The highest BCUT2D eigenvalue weighted by atomic mass is 16.4. The molecule has 0 bridgehead atoms. The van der Waals surface area contributed by atoms with Crippen LogP contribution in [-0.4, -0.2) is 39.6 Å². The summed E-state index contributed by atoms with van der Waals surface area (Å²) in [5, 5.41) is 3.42. The van der Waals surface area contributed by atoms with Crippen LogP contribution in [0.25, 0.3) is 22.1 Å². The monoisotopic (exact) mass is 431 g/mol. The molecule has 3 aromatic heterocycles. The van der Waals surface area contributed by atoms with E-state index in [2.05, 4.69) is 20.2 Å². The van der Waals surface area contributed by atoms with Gasteiger partial charge in [-0.1, -0.05) is 12.1 Å². The zero-order chi connectivity index (χ0) is 22.2. The van der Waals surface area contributed by atoms with Crippen molar-refractivity contribution in [3.05, 3.63) is 64.1 Å². The predicted octanol–water partition coefficient (Wildman–Crippen LogP) is 3.26. The summed E-state index contributed by atoms with van der Waals surface area (Å²) in [6.07, 6.45) is 3.52. The van der Waals surface area contributed by atoms with E-state index in [9.17, 15) is 9.59 Å². The average molecular weight is 431 g/mol. The largest absolute Gasteiger partial charge is 0.423 e. The fraction of sp³-hybridized carbons (Fsp3) is 0.333. The molecule has 0 aliphatic carbocycles. The number of anilines is 1. The maximum Gasteiger partial charge on any atom is 0.298 e. The van der Waals surface area contributed by atoms with Gasteiger partial charge in [0.15, 0.2) is 5.58 Å². The Balaban J connectivity index is 1.37. The van der Waals surface area contributed by atoms with Crippen molar-refractivity contribution >= 4 is 34.1 Å². The van der Waals surface area contributed by atoms with Gasteiger partial charge in [0, 0.05) is 31.5 Å². The van der Waals surface area contributed by atoms with E-state index >= 15 is 0 Å². The van der Waals surface area contributed by atoms with E-state index in [-0.39, 0.29) is 22.9 Å². The number of nitrogens with zero attached hydrogens (tertiary/aromatic N) is 4. The molecule has 4 heterocycles. The Morgan fingerprint density at radius 1 is 1.22 bits per heavy atom. The first-order chi connectivity index (χ1) is 15.5. The van der Waals surface area contributed by atoms with E-state index in [1.807, 2.05) is 42.7 Å². The lowest BCUT2D eigenvalue weighted by Gasteiger charge is -2.23. The third kappa shape index (κ3) is 3.51. The number of fused-ring (bicyclic) bond motifs is 2. The van der Waals surface area contributed by atoms with Crippen LogP contribution in [0.1, 0.15) is 35.8 Å². The quantitative estimate of drug-likeness (QED) is 0.521. The van der Waals surface area contributed by atoms with Crippen LogP contribution >= 0.6 is 0 Å². The molecule has 0 radical (unpaired) electrons. The Kier molecular flexibility index (Phi) is 5.13. The number of hydrogen-bond donors (Lipinski definition) is 1. The van der Waals surface area contributed by atoms with Crippen LogP contribution in [0.3, 0.4) is 0 Å². The molecule has 1 aromatic carbocycles. The number of aromatic nitrogens is 3. The highest BCUT2D eigenvalue weighted by Gasteiger charge is 2.29. The van der Waals surface area contributed by atoms with Gasteiger partial charge in [-0.15, -0.1) is 0 Å². The molecule has 1 aliphatic heterocycles. The second kappa shape index (κ2) is 8.11. The van der Waals surface area contributed by atoms with Gasteiger partial charge >= 0.3 is 0 Å². The van der Waals surface area contributed by atoms with Crippen LogP contribution in [0.5, 0.6) is 0 Å². The van der Waals surface area contributed by atoms with Gasteiger partial charge in [-0.3, -0.25) is 9.59 Å². The minimum absolute atomic E-state index is 0.0604. The lowest BCUT2D eigenvalue weighted by Crippen LogP contribution is -2.41. The first-order valence-electron chi connectivity index (χ1n) is 11.0. The summed E-state index contributed by atoms with van der Waals surface area (Å²) in [4.78, 5) is 37.1. The summed E-state index contributed by atoms with van der Waals surface area (Å²) in [7, 11) is 0. The van der Waals surface area contributed by atoms with Crippen LogP contribution in [0.15, 0.2) is 51.8 Å². The average Bonchev–Trinajstić information content (AvgIpc) is 3.44. The summed E-state index contributed by atoms with van der Waals surface area (Å²) in [5.74, 6) is -0.371. The van der Waals surface area contributed by atoms with Gasteiger partial charge in [-0.25, -0.2) is 4.98 Å². The molecule has 1 atom stereocenters. The third-order valence-corrected chi connectivity index (χ3v) is 6.05. The van der Waals surface area contributed by atoms with Gasteiger partial charge in [0.25, 0.3) is 11.9 Å². The molecule has 1 amide bonds. The van der Waals surface area contributed by atoms with Gasteiger partial charge in [0.05, 0.1) is 11.4 Å². The summed E-state index contributed by atoms with van der Waals surface area (Å²) >= 11 is 0. The Morgan fingerprint density at radius 3 is 2.88 bits per heavy atom. The Morgan fingerprint density at radius 2 is 2.06 bits per heavy atom. The smallest absolute Gasteiger partial charge is 0.298 e. The standard InChI is InChI=1S/C24H25N5O3/c1-3-28-14-18(21(30)17-11-10-15(2)26-22(17)28)23(31)25-13-16-7-6-12-29(16)24-27-19-8-4-5-9-20(19)32-24/h4-5,8-11,14,16H,3,6-7,12-13H2,1-2H3,(H,25,31). The lowest BCUT2D eigenvalue weighted by molar-refractivity contribution is 0.0949. The van der Waals surface area contributed by atoms with Gasteiger partial charge in [0.2, 0.25) is 5.43 Å². The van der Waals surface area contributed by atoms with Crippen molar-refractivity contribution in [2.75, 3.05) is 18.0 Å². The SMILES string of the molecule is CCn1cc(C(=O)NCC2CCCN2c2nc3ccccc3o2)c(=O)c2ccc(C)nc21. The Labute approximate surface area is 184 Å². The first kappa shape index (κ1) is 20.2. The molecule has 0 saturated carbocycles. The molecule has 1 aliphatic rings. The van der Waals surface area contributed by atoms with E-state index in [1.54, 1.807) is 18.3 Å². The van der Waals surface area contributed by atoms with Gasteiger partial charge in [0.1, 0.15) is 16.7 Å². The summed E-state index contributed by atoms with van der Waals surface area (Å²) in [5.41, 5.74) is 2.84. The molecular formula is C24H25N5O3. The molecule has 1 fully saturated rings. The summed E-state index contributed by atoms with van der Waals surface area (Å²) in [6, 6.07) is 11.8. The van der Waals surface area contributed by atoms with Crippen LogP contribution < -0.4 is 15.6 Å². The number of amides is 1. The lowest BCUT2D eigenvalue weighted by atomic mass is 10.1. The third-order valence-electron chi connectivity index (χ3n) is 6.05. The zero-order valence-electron chi connectivity index (χ0n) is 18.2. The second-order valence-electron chi connectivity index (χ2n) is 8.15. The van der Waals surface area contributed by atoms with E-state index in [0.29, 0.717) is 30.1 Å². The van der Waals surface area contributed by atoms with Crippen molar-refractivity contribution in [1.29, 1.82) is 0 Å². The van der Waals surface area contributed by atoms with Crippen molar-refractivity contribution in [3.8, 4) is 0 Å². The maximum atomic E-state index is 13.0. The van der Waals surface area contributed by atoms with Crippen molar-refractivity contribution < 1.29 is 9.21 Å². The molecule has 0 spiro atoms. The number of para-hydroxylation sites is 2. The van der Waals surface area contributed by atoms with Gasteiger partial charge in [-0.2, -0.15) is 4.98 Å². The Bertz CT molecular complexity index is 1340. The number of carbonyl (C=O) groups excluding carboxylic acids is 1.